The Kier molecular flexibility index (Phi) is 4.17. The maximum atomic E-state index is 12.2. The summed E-state index contributed by atoms with van der Waals surface area (Å²) < 4.78 is 0. The van der Waals surface area contributed by atoms with Crippen LogP contribution < -0.4 is 5.32 Å². The highest BCUT2D eigenvalue weighted by molar-refractivity contribution is 6.02. The fourth-order valence-corrected chi connectivity index (χ4v) is 2.16. The van der Waals surface area contributed by atoms with Crippen molar-refractivity contribution < 1.29 is 9.90 Å². The second kappa shape index (κ2) is 5.85. The van der Waals surface area contributed by atoms with E-state index in [4.69, 9.17) is 0 Å². The Morgan fingerprint density at radius 1 is 1.16 bits per heavy atom. The van der Waals surface area contributed by atoms with Crippen LogP contribution in [0.25, 0.3) is 10.8 Å². The zero-order valence-electron chi connectivity index (χ0n) is 11.3. The first-order valence-electron chi connectivity index (χ1n) is 6.53. The molecule has 1 atom stereocenters. The van der Waals surface area contributed by atoms with Crippen molar-refractivity contribution in [3.05, 3.63) is 42.5 Å². The van der Waals surface area contributed by atoms with E-state index in [1.165, 1.54) is 0 Å². The topological polar surface area (TPSA) is 49.3 Å². The van der Waals surface area contributed by atoms with Crippen LogP contribution in [-0.4, -0.2) is 17.6 Å². The quantitative estimate of drug-likeness (QED) is 0.884. The van der Waals surface area contributed by atoms with Crippen molar-refractivity contribution in [3.8, 4) is 0 Å². The number of hydrogen-bond donors (Lipinski definition) is 2. The van der Waals surface area contributed by atoms with Gasteiger partial charge in [-0.15, -0.1) is 0 Å². The van der Waals surface area contributed by atoms with Crippen LogP contribution in [0, 0.1) is 11.8 Å². The van der Waals surface area contributed by atoms with Gasteiger partial charge >= 0.3 is 0 Å². The van der Waals surface area contributed by atoms with Gasteiger partial charge in [0.1, 0.15) is 0 Å². The maximum Gasteiger partial charge on any atom is 0.230 e. The van der Waals surface area contributed by atoms with E-state index in [1.807, 2.05) is 56.3 Å². The lowest BCUT2D eigenvalue weighted by molar-refractivity contribution is -0.122. The van der Waals surface area contributed by atoms with Crippen molar-refractivity contribution in [1.29, 1.82) is 0 Å². The summed E-state index contributed by atoms with van der Waals surface area (Å²) in [4.78, 5) is 12.2. The summed E-state index contributed by atoms with van der Waals surface area (Å²) in [7, 11) is 0. The summed E-state index contributed by atoms with van der Waals surface area (Å²) in [6, 6.07) is 13.7. The molecular formula is C16H19NO2. The minimum Gasteiger partial charge on any atom is -0.396 e. The molecule has 0 fully saturated rings. The lowest BCUT2D eigenvalue weighted by Crippen LogP contribution is -2.29. The molecule has 0 aromatic heterocycles. The van der Waals surface area contributed by atoms with Crippen molar-refractivity contribution in [2.24, 2.45) is 11.8 Å². The molecule has 19 heavy (non-hydrogen) atoms. The zero-order valence-corrected chi connectivity index (χ0v) is 11.3. The third-order valence-corrected chi connectivity index (χ3v) is 3.39. The smallest absolute Gasteiger partial charge is 0.230 e. The first-order valence-corrected chi connectivity index (χ1v) is 6.53. The van der Waals surface area contributed by atoms with Gasteiger partial charge in [-0.3, -0.25) is 4.79 Å². The van der Waals surface area contributed by atoms with E-state index in [9.17, 15) is 9.90 Å². The molecule has 0 saturated carbocycles. The largest absolute Gasteiger partial charge is 0.396 e. The summed E-state index contributed by atoms with van der Waals surface area (Å²) in [5, 5.41) is 14.3. The SMILES string of the molecule is CC(C)C(CO)C(=O)Nc1cccc2ccccc12. The number of amides is 1. The van der Waals surface area contributed by atoms with Gasteiger partial charge in [-0.2, -0.15) is 0 Å². The summed E-state index contributed by atoms with van der Waals surface area (Å²) >= 11 is 0. The number of nitrogens with one attached hydrogen (secondary N) is 1. The lowest BCUT2D eigenvalue weighted by atomic mass is 9.95. The summed E-state index contributed by atoms with van der Waals surface area (Å²) in [5.41, 5.74) is 0.794. The van der Waals surface area contributed by atoms with Crippen LogP contribution in [0.3, 0.4) is 0 Å². The number of aliphatic hydroxyl groups is 1. The average molecular weight is 257 g/mol. The summed E-state index contributed by atoms with van der Waals surface area (Å²) in [6.45, 7) is 3.74. The molecule has 3 nitrogen and oxygen atoms in total. The average Bonchev–Trinajstić information content (AvgIpc) is 2.39. The molecule has 0 spiro atoms. The molecule has 2 aromatic carbocycles. The summed E-state index contributed by atoms with van der Waals surface area (Å²) in [5.74, 6) is -0.396. The number of rotatable bonds is 4. The Morgan fingerprint density at radius 3 is 2.53 bits per heavy atom. The third-order valence-electron chi connectivity index (χ3n) is 3.39. The van der Waals surface area contributed by atoms with Crippen LogP contribution in [0.2, 0.25) is 0 Å². The molecule has 0 aliphatic heterocycles. The monoisotopic (exact) mass is 257 g/mol. The highest BCUT2D eigenvalue weighted by Crippen LogP contribution is 2.24. The molecule has 3 heteroatoms. The van der Waals surface area contributed by atoms with Gasteiger partial charge < -0.3 is 10.4 Å². The Morgan fingerprint density at radius 2 is 1.84 bits per heavy atom. The van der Waals surface area contributed by atoms with Gasteiger partial charge in [0.2, 0.25) is 5.91 Å². The predicted octanol–water partition coefficient (Wildman–Crippen LogP) is 3.04. The van der Waals surface area contributed by atoms with Crippen LogP contribution in [0.5, 0.6) is 0 Å². The second-order valence-electron chi connectivity index (χ2n) is 5.05. The summed E-state index contributed by atoms with van der Waals surface area (Å²) in [6.07, 6.45) is 0. The van der Waals surface area contributed by atoms with Gasteiger partial charge in [-0.05, 0) is 17.4 Å². The molecule has 0 saturated heterocycles. The number of aliphatic hydroxyl groups excluding tert-OH is 1. The number of anilines is 1. The molecule has 2 N–H and O–H groups in total. The Labute approximate surface area is 113 Å². The van der Waals surface area contributed by atoms with Gasteiger partial charge in [0.05, 0.1) is 12.5 Å². The van der Waals surface area contributed by atoms with Crippen LogP contribution in [0.4, 0.5) is 5.69 Å². The molecule has 0 aliphatic carbocycles. The van der Waals surface area contributed by atoms with Crippen LogP contribution in [0.1, 0.15) is 13.8 Å². The van der Waals surface area contributed by atoms with Crippen molar-refractivity contribution >= 4 is 22.4 Å². The van der Waals surface area contributed by atoms with Crippen LogP contribution in [-0.2, 0) is 4.79 Å². The normalized spacial score (nSPS) is 12.6. The zero-order chi connectivity index (χ0) is 13.8. The predicted molar refractivity (Wildman–Crippen MR) is 78.0 cm³/mol. The third kappa shape index (κ3) is 2.93. The number of fused-ring (bicyclic) bond motifs is 1. The molecule has 2 aromatic rings. The van der Waals surface area contributed by atoms with Gasteiger partial charge in [0.25, 0.3) is 0 Å². The molecular weight excluding hydrogens is 238 g/mol. The van der Waals surface area contributed by atoms with E-state index in [0.29, 0.717) is 0 Å². The van der Waals surface area contributed by atoms with Crippen molar-refractivity contribution in [3.63, 3.8) is 0 Å². The highest BCUT2D eigenvalue weighted by Gasteiger charge is 2.21. The van der Waals surface area contributed by atoms with Gasteiger partial charge in [-0.1, -0.05) is 50.2 Å². The molecule has 0 heterocycles. The van der Waals surface area contributed by atoms with E-state index in [0.717, 1.165) is 16.5 Å². The van der Waals surface area contributed by atoms with Crippen LogP contribution >= 0.6 is 0 Å². The first-order chi connectivity index (χ1) is 9.13. The van der Waals surface area contributed by atoms with Crippen molar-refractivity contribution in [2.75, 3.05) is 11.9 Å². The first kappa shape index (κ1) is 13.6. The standard InChI is InChI=1S/C16H19NO2/c1-11(2)14(10-18)16(19)17-15-9-5-7-12-6-3-4-8-13(12)15/h3-9,11,14,18H,10H2,1-2H3,(H,17,19). The molecule has 0 aliphatic rings. The minimum atomic E-state index is -0.376. The van der Waals surface area contributed by atoms with Crippen molar-refractivity contribution in [2.45, 2.75) is 13.8 Å². The van der Waals surface area contributed by atoms with E-state index >= 15 is 0 Å². The number of hydrogen-bond acceptors (Lipinski definition) is 2. The van der Waals surface area contributed by atoms with Gasteiger partial charge in [-0.25, -0.2) is 0 Å². The van der Waals surface area contributed by atoms with E-state index < -0.39 is 0 Å². The number of carbonyl (C=O) groups is 1. The molecule has 2 rings (SSSR count). The number of benzene rings is 2. The van der Waals surface area contributed by atoms with Crippen molar-refractivity contribution in [1.82, 2.24) is 0 Å². The Balaban J connectivity index is 2.29. The fraction of sp³-hybridized carbons (Fsp3) is 0.312. The molecule has 1 amide bonds. The van der Waals surface area contributed by atoms with Gasteiger partial charge in [0, 0.05) is 11.1 Å². The van der Waals surface area contributed by atoms with E-state index in [2.05, 4.69) is 5.32 Å². The fourth-order valence-electron chi connectivity index (χ4n) is 2.16. The molecule has 0 radical (unpaired) electrons. The number of carbonyl (C=O) groups excluding carboxylic acids is 1. The van der Waals surface area contributed by atoms with Crippen LogP contribution in [0.15, 0.2) is 42.5 Å². The van der Waals surface area contributed by atoms with E-state index in [-0.39, 0.29) is 24.3 Å². The molecule has 1 unspecified atom stereocenters. The highest BCUT2D eigenvalue weighted by atomic mass is 16.3. The van der Waals surface area contributed by atoms with E-state index in [1.54, 1.807) is 0 Å². The van der Waals surface area contributed by atoms with Gasteiger partial charge in [0.15, 0.2) is 0 Å². The molecule has 100 valence electrons. The maximum absolute atomic E-state index is 12.2. The lowest BCUT2D eigenvalue weighted by Gasteiger charge is -2.18. The Bertz CT molecular complexity index is 572. The minimum absolute atomic E-state index is 0.111. The second-order valence-corrected chi connectivity index (χ2v) is 5.05. The Hall–Kier alpha value is -1.87. The molecule has 0 bridgehead atoms.